The third-order valence-corrected chi connectivity index (χ3v) is 3.78. The van der Waals surface area contributed by atoms with Gasteiger partial charge < -0.3 is 15.0 Å². The molecule has 0 aliphatic heterocycles. The van der Waals surface area contributed by atoms with E-state index in [-0.39, 0.29) is 18.7 Å². The van der Waals surface area contributed by atoms with E-state index in [1.54, 1.807) is 0 Å². The molecule has 2 rings (SSSR count). The third-order valence-electron chi connectivity index (χ3n) is 3.78. The van der Waals surface area contributed by atoms with Gasteiger partial charge in [0.2, 0.25) is 5.91 Å². The van der Waals surface area contributed by atoms with Gasteiger partial charge in [0.1, 0.15) is 12.4 Å². The lowest BCUT2D eigenvalue weighted by Gasteiger charge is -2.22. The van der Waals surface area contributed by atoms with E-state index in [0.29, 0.717) is 0 Å². The van der Waals surface area contributed by atoms with Crippen molar-refractivity contribution in [2.24, 2.45) is 0 Å². The number of hydrogen-bond acceptors (Lipinski definition) is 3. The van der Waals surface area contributed by atoms with Crippen LogP contribution in [0.5, 0.6) is 0 Å². The van der Waals surface area contributed by atoms with Crippen LogP contribution in [0.1, 0.15) is 15.9 Å². The summed E-state index contributed by atoms with van der Waals surface area (Å²) in [6, 6.07) is 9.26. The molecule has 2 aromatic rings. The number of para-hydroxylation sites is 1. The largest absolute Gasteiger partial charge is 0.418 e. The zero-order chi connectivity index (χ0) is 20.7. The fraction of sp³-hybridized carbons (Fsp3) is 0.263. The molecule has 0 spiro atoms. The number of carbonyl (C=O) groups excluding carboxylic acids is 2. The highest BCUT2D eigenvalue weighted by atomic mass is 19.4. The van der Waals surface area contributed by atoms with E-state index in [4.69, 9.17) is 4.74 Å². The molecule has 5 nitrogen and oxygen atoms in total. The monoisotopic (exact) mass is 398 g/mol. The number of alkyl halides is 3. The topological polar surface area (TPSA) is 58.6 Å². The Morgan fingerprint density at radius 3 is 2.32 bits per heavy atom. The van der Waals surface area contributed by atoms with E-state index in [1.165, 1.54) is 31.4 Å². The first-order valence-electron chi connectivity index (χ1n) is 8.22. The van der Waals surface area contributed by atoms with Crippen LogP contribution in [0.25, 0.3) is 0 Å². The molecule has 0 unspecified atom stereocenters. The highest BCUT2D eigenvalue weighted by molar-refractivity contribution is 5.99. The van der Waals surface area contributed by atoms with Crippen molar-refractivity contribution in [3.8, 4) is 0 Å². The minimum atomic E-state index is -4.64. The standard InChI is InChI=1S/C19H18F4N2O3/c1-28-11-10-25(18(27)13-6-8-14(20)9-7-13)12-17(26)24-16-5-3-2-4-15(16)19(21,22)23/h2-9H,10-12H2,1H3,(H,24,26). The lowest BCUT2D eigenvalue weighted by atomic mass is 10.1. The van der Waals surface area contributed by atoms with Crippen molar-refractivity contribution in [1.29, 1.82) is 0 Å². The first kappa shape index (κ1) is 21.4. The molecular weight excluding hydrogens is 380 g/mol. The van der Waals surface area contributed by atoms with Crippen molar-refractivity contribution in [3.05, 3.63) is 65.5 Å². The lowest BCUT2D eigenvalue weighted by molar-refractivity contribution is -0.137. The van der Waals surface area contributed by atoms with Gasteiger partial charge >= 0.3 is 6.18 Å². The molecule has 28 heavy (non-hydrogen) atoms. The van der Waals surface area contributed by atoms with Crippen LogP contribution in [0.4, 0.5) is 23.2 Å². The maximum Gasteiger partial charge on any atom is 0.418 e. The number of ether oxygens (including phenoxy) is 1. The maximum atomic E-state index is 13.0. The molecular formula is C19H18F4N2O3. The van der Waals surface area contributed by atoms with Gasteiger partial charge in [-0.2, -0.15) is 13.2 Å². The third kappa shape index (κ3) is 5.78. The van der Waals surface area contributed by atoms with E-state index < -0.39 is 41.6 Å². The second kappa shape index (κ2) is 9.32. The minimum absolute atomic E-state index is 0.0288. The molecule has 2 aromatic carbocycles. The van der Waals surface area contributed by atoms with Crippen LogP contribution in [0.3, 0.4) is 0 Å². The Labute approximate surface area is 158 Å². The summed E-state index contributed by atoms with van der Waals surface area (Å²) in [5.41, 5.74) is -1.25. The number of rotatable bonds is 7. The number of halogens is 4. The smallest absolute Gasteiger partial charge is 0.383 e. The second-order valence-corrected chi connectivity index (χ2v) is 5.82. The Morgan fingerprint density at radius 2 is 1.71 bits per heavy atom. The zero-order valence-corrected chi connectivity index (χ0v) is 14.9. The molecule has 1 N–H and O–H groups in total. The molecule has 0 atom stereocenters. The second-order valence-electron chi connectivity index (χ2n) is 5.82. The first-order chi connectivity index (χ1) is 13.2. The van der Waals surface area contributed by atoms with Gasteiger partial charge in [0.15, 0.2) is 0 Å². The summed E-state index contributed by atoms with van der Waals surface area (Å²) in [7, 11) is 1.40. The average molecular weight is 398 g/mol. The Kier molecular flexibility index (Phi) is 7.11. The molecule has 0 saturated heterocycles. The van der Waals surface area contributed by atoms with Crippen molar-refractivity contribution in [3.63, 3.8) is 0 Å². The summed E-state index contributed by atoms with van der Waals surface area (Å²) in [5, 5.41) is 2.19. The van der Waals surface area contributed by atoms with Gasteiger partial charge in [-0.15, -0.1) is 0 Å². The predicted molar refractivity (Wildman–Crippen MR) is 94.3 cm³/mol. The van der Waals surface area contributed by atoms with Gasteiger partial charge in [-0.25, -0.2) is 4.39 Å². The Balaban J connectivity index is 2.15. The minimum Gasteiger partial charge on any atom is -0.383 e. The molecule has 9 heteroatoms. The summed E-state index contributed by atoms with van der Waals surface area (Å²) in [6.45, 7) is -0.355. The summed E-state index contributed by atoms with van der Waals surface area (Å²) < 4.78 is 57.1. The van der Waals surface area contributed by atoms with E-state index in [2.05, 4.69) is 5.32 Å². The molecule has 0 bridgehead atoms. The van der Waals surface area contributed by atoms with Crippen LogP contribution in [-0.2, 0) is 15.7 Å². The molecule has 0 aromatic heterocycles. The quantitative estimate of drug-likeness (QED) is 0.726. The van der Waals surface area contributed by atoms with E-state index in [1.807, 2.05) is 0 Å². The van der Waals surface area contributed by atoms with Gasteiger partial charge in [0.25, 0.3) is 5.91 Å². The summed E-state index contributed by atoms with van der Waals surface area (Å²) in [5.74, 6) is -1.90. The van der Waals surface area contributed by atoms with Crippen molar-refractivity contribution < 1.29 is 31.9 Å². The van der Waals surface area contributed by atoms with Gasteiger partial charge in [-0.05, 0) is 36.4 Å². The molecule has 0 aliphatic carbocycles. The van der Waals surface area contributed by atoms with Gasteiger partial charge in [0, 0.05) is 19.2 Å². The Hall–Kier alpha value is -2.94. The zero-order valence-electron chi connectivity index (χ0n) is 14.9. The highest BCUT2D eigenvalue weighted by Crippen LogP contribution is 2.34. The number of carbonyl (C=O) groups is 2. The number of methoxy groups -OCH3 is 1. The van der Waals surface area contributed by atoms with Crippen molar-refractivity contribution in [2.75, 3.05) is 32.1 Å². The number of nitrogens with zero attached hydrogens (tertiary/aromatic N) is 1. The molecule has 0 fully saturated rings. The van der Waals surface area contributed by atoms with Crippen LogP contribution < -0.4 is 5.32 Å². The average Bonchev–Trinajstić information content (AvgIpc) is 2.64. The van der Waals surface area contributed by atoms with Crippen LogP contribution in [0.2, 0.25) is 0 Å². The van der Waals surface area contributed by atoms with Crippen molar-refractivity contribution in [2.45, 2.75) is 6.18 Å². The number of amides is 2. The highest BCUT2D eigenvalue weighted by Gasteiger charge is 2.33. The SMILES string of the molecule is COCCN(CC(=O)Nc1ccccc1C(F)(F)F)C(=O)c1ccc(F)cc1. The van der Waals surface area contributed by atoms with Crippen LogP contribution in [0.15, 0.2) is 48.5 Å². The number of anilines is 1. The molecule has 2 amide bonds. The normalized spacial score (nSPS) is 11.2. The van der Waals surface area contributed by atoms with Crippen molar-refractivity contribution in [1.82, 2.24) is 4.90 Å². The fourth-order valence-electron chi connectivity index (χ4n) is 2.43. The lowest BCUT2D eigenvalue weighted by Crippen LogP contribution is -2.40. The summed E-state index contributed by atoms with van der Waals surface area (Å²) >= 11 is 0. The maximum absolute atomic E-state index is 13.0. The summed E-state index contributed by atoms with van der Waals surface area (Å²) in [4.78, 5) is 26.0. The molecule has 0 aliphatic rings. The first-order valence-corrected chi connectivity index (χ1v) is 8.22. The van der Waals surface area contributed by atoms with E-state index in [0.717, 1.165) is 29.2 Å². The van der Waals surface area contributed by atoms with E-state index >= 15 is 0 Å². The van der Waals surface area contributed by atoms with Gasteiger partial charge in [-0.3, -0.25) is 9.59 Å². The summed E-state index contributed by atoms with van der Waals surface area (Å²) in [6.07, 6.45) is -4.64. The number of benzene rings is 2. The predicted octanol–water partition coefficient (Wildman–Crippen LogP) is 3.57. The van der Waals surface area contributed by atoms with E-state index in [9.17, 15) is 27.2 Å². The Bertz CT molecular complexity index is 823. The molecule has 0 radical (unpaired) electrons. The fourth-order valence-corrected chi connectivity index (χ4v) is 2.43. The van der Waals surface area contributed by atoms with Crippen LogP contribution >= 0.6 is 0 Å². The van der Waals surface area contributed by atoms with Gasteiger partial charge in [0.05, 0.1) is 17.9 Å². The van der Waals surface area contributed by atoms with Gasteiger partial charge in [-0.1, -0.05) is 12.1 Å². The molecule has 0 saturated carbocycles. The number of hydrogen-bond donors (Lipinski definition) is 1. The van der Waals surface area contributed by atoms with Crippen LogP contribution in [0, 0.1) is 5.82 Å². The molecule has 0 heterocycles. The van der Waals surface area contributed by atoms with Crippen LogP contribution in [-0.4, -0.2) is 43.5 Å². The Morgan fingerprint density at radius 1 is 1.07 bits per heavy atom. The number of nitrogens with one attached hydrogen (secondary N) is 1. The van der Waals surface area contributed by atoms with Crippen molar-refractivity contribution >= 4 is 17.5 Å². The molecule has 150 valence electrons.